The molecule has 0 fully saturated rings. The number of nitrogens with one attached hydrogen (secondary N) is 1. The molecule has 8 nitrogen and oxygen atoms in total. The molecule has 1 aromatic heterocycles. The zero-order valence-electron chi connectivity index (χ0n) is 15.4. The number of aryl methyl sites for hydroxylation is 2. The van der Waals surface area contributed by atoms with E-state index in [2.05, 4.69) is 9.88 Å². The summed E-state index contributed by atoms with van der Waals surface area (Å²) in [4.78, 5) is 14.5. The van der Waals surface area contributed by atoms with Gasteiger partial charge < -0.3 is 15.2 Å². The van der Waals surface area contributed by atoms with Crippen molar-refractivity contribution in [2.24, 2.45) is 0 Å². The highest BCUT2D eigenvalue weighted by Gasteiger charge is 2.32. The highest BCUT2D eigenvalue weighted by atomic mass is 35.5. The number of benzene rings is 1. The Bertz CT molecular complexity index is 938. The SMILES string of the molecule is Cc1noc(C)c1S(=O)(=O)NC(C)C(=O)N1CCCc2c(N)cccc21.Cl. The number of halogens is 1. The summed E-state index contributed by atoms with van der Waals surface area (Å²) in [5.41, 5.74) is 8.57. The van der Waals surface area contributed by atoms with Gasteiger partial charge in [0.25, 0.3) is 0 Å². The molecule has 0 aliphatic carbocycles. The first-order valence-corrected chi connectivity index (χ1v) is 9.84. The molecule has 2 aromatic rings. The molecule has 148 valence electrons. The fourth-order valence-corrected chi connectivity index (χ4v) is 4.84. The summed E-state index contributed by atoms with van der Waals surface area (Å²) in [5.74, 6) is -0.141. The maximum atomic E-state index is 12.9. The number of aromatic nitrogens is 1. The standard InChI is InChI=1S/C17H22N4O4S.ClH/c1-10-16(12(3)25-19-10)26(23,24)20-11(2)17(22)21-9-5-6-13-14(18)7-4-8-15(13)21;/h4,7-8,11,20H,5-6,9,18H2,1-3H3;1H. The number of fused-ring (bicyclic) bond motifs is 1. The highest BCUT2D eigenvalue weighted by molar-refractivity contribution is 7.89. The van der Waals surface area contributed by atoms with Gasteiger partial charge in [-0.1, -0.05) is 11.2 Å². The van der Waals surface area contributed by atoms with Crippen LogP contribution in [0.1, 0.15) is 30.4 Å². The third-order valence-electron chi connectivity index (χ3n) is 4.49. The Kier molecular flexibility index (Phi) is 6.18. The number of amides is 1. The average molecular weight is 415 g/mol. The van der Waals surface area contributed by atoms with E-state index in [1.807, 2.05) is 6.07 Å². The second-order valence-corrected chi connectivity index (χ2v) is 8.09. The molecule has 10 heteroatoms. The molecule has 3 N–H and O–H groups in total. The molecule has 1 aromatic carbocycles. The van der Waals surface area contributed by atoms with Crippen LogP contribution in [0.4, 0.5) is 11.4 Å². The minimum Gasteiger partial charge on any atom is -0.398 e. The molecule has 27 heavy (non-hydrogen) atoms. The van der Waals surface area contributed by atoms with Gasteiger partial charge in [0.2, 0.25) is 15.9 Å². The minimum absolute atomic E-state index is 0. The van der Waals surface area contributed by atoms with Crippen LogP contribution in [0, 0.1) is 13.8 Å². The molecule has 1 amide bonds. The van der Waals surface area contributed by atoms with Crippen molar-refractivity contribution in [2.75, 3.05) is 17.2 Å². The number of rotatable bonds is 4. The molecule has 1 atom stereocenters. The fraction of sp³-hybridized carbons (Fsp3) is 0.412. The predicted octanol–water partition coefficient (Wildman–Crippen LogP) is 1.94. The van der Waals surface area contributed by atoms with E-state index in [4.69, 9.17) is 10.3 Å². The van der Waals surface area contributed by atoms with E-state index >= 15 is 0 Å². The summed E-state index contributed by atoms with van der Waals surface area (Å²) < 4.78 is 32.6. The van der Waals surface area contributed by atoms with Crippen molar-refractivity contribution >= 4 is 39.7 Å². The summed E-state index contributed by atoms with van der Waals surface area (Å²) in [7, 11) is -3.93. The maximum absolute atomic E-state index is 12.9. The second kappa shape index (κ2) is 7.87. The van der Waals surface area contributed by atoms with Crippen LogP contribution >= 0.6 is 12.4 Å². The number of sulfonamides is 1. The molecule has 3 rings (SSSR count). The number of hydrogen-bond acceptors (Lipinski definition) is 6. The zero-order valence-corrected chi connectivity index (χ0v) is 17.0. The lowest BCUT2D eigenvalue weighted by atomic mass is 9.99. The topological polar surface area (TPSA) is 119 Å². The fourth-order valence-electron chi connectivity index (χ4n) is 3.31. The Balaban J connectivity index is 0.00000261. The molecular formula is C17H23ClN4O4S. The molecule has 1 aliphatic heterocycles. The smallest absolute Gasteiger partial charge is 0.246 e. The molecule has 0 spiro atoms. The molecule has 0 saturated carbocycles. The number of nitrogens with zero attached hydrogens (tertiary/aromatic N) is 2. The molecule has 0 saturated heterocycles. The first-order chi connectivity index (χ1) is 12.2. The summed E-state index contributed by atoms with van der Waals surface area (Å²) >= 11 is 0. The Morgan fingerprint density at radius 1 is 1.37 bits per heavy atom. The monoisotopic (exact) mass is 414 g/mol. The van der Waals surface area contributed by atoms with Crippen LogP contribution in [0.2, 0.25) is 0 Å². The molecular weight excluding hydrogens is 392 g/mol. The summed E-state index contributed by atoms with van der Waals surface area (Å²) in [6, 6.07) is 4.48. The number of hydrogen-bond donors (Lipinski definition) is 2. The summed E-state index contributed by atoms with van der Waals surface area (Å²) in [6.45, 7) is 5.11. The second-order valence-electron chi connectivity index (χ2n) is 6.43. The van der Waals surface area contributed by atoms with Gasteiger partial charge in [0.15, 0.2) is 5.76 Å². The van der Waals surface area contributed by atoms with Crippen molar-refractivity contribution in [1.82, 2.24) is 9.88 Å². The summed E-state index contributed by atoms with van der Waals surface area (Å²) in [5, 5.41) is 3.66. The van der Waals surface area contributed by atoms with Gasteiger partial charge in [0.1, 0.15) is 10.6 Å². The van der Waals surface area contributed by atoms with Crippen LogP contribution in [0.5, 0.6) is 0 Å². The van der Waals surface area contributed by atoms with Gasteiger partial charge in [-0.05, 0) is 51.3 Å². The lowest BCUT2D eigenvalue weighted by Gasteiger charge is -2.32. The van der Waals surface area contributed by atoms with Crippen LogP contribution in [-0.2, 0) is 21.2 Å². The van der Waals surface area contributed by atoms with E-state index in [1.165, 1.54) is 13.8 Å². The minimum atomic E-state index is -3.93. The van der Waals surface area contributed by atoms with Gasteiger partial charge in [0, 0.05) is 17.9 Å². The Morgan fingerprint density at radius 2 is 2.07 bits per heavy atom. The lowest BCUT2D eigenvalue weighted by Crippen LogP contribution is -2.48. The third-order valence-corrected chi connectivity index (χ3v) is 6.28. The van der Waals surface area contributed by atoms with Crippen molar-refractivity contribution in [3.63, 3.8) is 0 Å². The Morgan fingerprint density at radius 3 is 2.70 bits per heavy atom. The molecule has 2 heterocycles. The van der Waals surface area contributed by atoms with Crippen LogP contribution in [0.3, 0.4) is 0 Å². The molecule has 1 unspecified atom stereocenters. The van der Waals surface area contributed by atoms with Gasteiger partial charge in [-0.2, -0.15) is 4.72 Å². The largest absolute Gasteiger partial charge is 0.398 e. The normalized spacial score (nSPS) is 15.0. The maximum Gasteiger partial charge on any atom is 0.246 e. The van der Waals surface area contributed by atoms with Crippen molar-refractivity contribution in [1.29, 1.82) is 0 Å². The van der Waals surface area contributed by atoms with Gasteiger partial charge in [-0.3, -0.25) is 4.79 Å². The van der Waals surface area contributed by atoms with Crippen molar-refractivity contribution in [3.8, 4) is 0 Å². The first kappa shape index (κ1) is 21.2. The van der Waals surface area contributed by atoms with E-state index in [-0.39, 0.29) is 34.7 Å². The first-order valence-electron chi connectivity index (χ1n) is 8.36. The van der Waals surface area contributed by atoms with Crippen molar-refractivity contribution < 1.29 is 17.7 Å². The number of nitrogen functional groups attached to an aromatic ring is 1. The van der Waals surface area contributed by atoms with E-state index in [0.717, 1.165) is 24.1 Å². The third kappa shape index (κ3) is 3.95. The average Bonchev–Trinajstić information content (AvgIpc) is 2.93. The Labute approximate surface area is 164 Å². The lowest BCUT2D eigenvalue weighted by molar-refractivity contribution is -0.119. The van der Waals surface area contributed by atoms with Crippen molar-refractivity contribution in [2.45, 2.75) is 44.6 Å². The zero-order chi connectivity index (χ0) is 19.1. The van der Waals surface area contributed by atoms with Gasteiger partial charge >= 0.3 is 0 Å². The van der Waals surface area contributed by atoms with E-state index in [9.17, 15) is 13.2 Å². The highest BCUT2D eigenvalue weighted by Crippen LogP contribution is 2.31. The number of anilines is 2. The van der Waals surface area contributed by atoms with Crippen LogP contribution in [0.15, 0.2) is 27.6 Å². The predicted molar refractivity (Wildman–Crippen MR) is 105 cm³/mol. The van der Waals surface area contributed by atoms with E-state index < -0.39 is 16.1 Å². The van der Waals surface area contributed by atoms with Crippen molar-refractivity contribution in [3.05, 3.63) is 35.2 Å². The van der Waals surface area contributed by atoms with Gasteiger partial charge in [-0.25, -0.2) is 8.42 Å². The van der Waals surface area contributed by atoms with Gasteiger partial charge in [-0.15, -0.1) is 12.4 Å². The van der Waals surface area contributed by atoms with Gasteiger partial charge in [0.05, 0.1) is 6.04 Å². The number of carbonyl (C=O) groups is 1. The molecule has 1 aliphatic rings. The number of carbonyl (C=O) groups excluding carboxylic acids is 1. The van der Waals surface area contributed by atoms with Crippen LogP contribution < -0.4 is 15.4 Å². The van der Waals surface area contributed by atoms with Crippen LogP contribution in [0.25, 0.3) is 0 Å². The van der Waals surface area contributed by atoms with Crippen LogP contribution in [-0.4, -0.2) is 32.1 Å². The quantitative estimate of drug-likeness (QED) is 0.738. The summed E-state index contributed by atoms with van der Waals surface area (Å²) in [6.07, 6.45) is 1.57. The molecule has 0 radical (unpaired) electrons. The Hall–Kier alpha value is -2.10. The number of nitrogens with two attached hydrogens (primary N) is 1. The van der Waals surface area contributed by atoms with E-state index in [1.54, 1.807) is 24.0 Å². The van der Waals surface area contributed by atoms with E-state index in [0.29, 0.717) is 12.2 Å². The molecule has 0 bridgehead atoms.